The lowest BCUT2D eigenvalue weighted by Crippen LogP contribution is -2.32. The third-order valence-electron chi connectivity index (χ3n) is 2.74. The Balaban J connectivity index is 1.94. The largest absolute Gasteiger partial charge is 0.329 e. The maximum absolute atomic E-state index is 11.8. The zero-order valence-corrected chi connectivity index (χ0v) is 12.5. The van der Waals surface area contributed by atoms with Crippen molar-refractivity contribution in [3.05, 3.63) is 58.9 Å². The van der Waals surface area contributed by atoms with E-state index in [-0.39, 0.29) is 0 Å². The number of pyridine rings is 1. The number of rotatable bonds is 3. The minimum Gasteiger partial charge on any atom is -0.317 e. The van der Waals surface area contributed by atoms with E-state index in [9.17, 15) is 9.59 Å². The Labute approximate surface area is 132 Å². The predicted octanol–water partition coefficient (Wildman–Crippen LogP) is 2.13. The molecular weight excluding hydrogens is 304 g/mol. The summed E-state index contributed by atoms with van der Waals surface area (Å²) in [5.41, 5.74) is 4.18. The normalized spacial score (nSPS) is 10.5. The van der Waals surface area contributed by atoms with Crippen molar-refractivity contribution in [1.29, 1.82) is 0 Å². The third kappa shape index (κ3) is 4.39. The molecule has 22 heavy (non-hydrogen) atoms. The molecule has 0 aliphatic carbocycles. The van der Waals surface area contributed by atoms with E-state index >= 15 is 0 Å². The van der Waals surface area contributed by atoms with Crippen LogP contribution in [0.3, 0.4) is 0 Å². The van der Waals surface area contributed by atoms with Crippen LogP contribution in [0.5, 0.6) is 0 Å². The highest BCUT2D eigenvalue weighted by Gasteiger charge is 2.14. The number of hydrazone groups is 1. The van der Waals surface area contributed by atoms with Crippen LogP contribution >= 0.6 is 11.6 Å². The average molecular weight is 317 g/mol. The van der Waals surface area contributed by atoms with Crippen LogP contribution in [0.2, 0.25) is 5.02 Å². The summed E-state index contributed by atoms with van der Waals surface area (Å²) in [6, 6.07) is 8.45. The van der Waals surface area contributed by atoms with Crippen LogP contribution in [0.1, 0.15) is 11.1 Å². The Bertz CT molecular complexity index is 717. The molecule has 1 heterocycles. The summed E-state index contributed by atoms with van der Waals surface area (Å²) in [4.78, 5) is 27.3. The molecule has 7 heteroatoms. The van der Waals surface area contributed by atoms with E-state index < -0.39 is 11.8 Å². The molecule has 0 saturated heterocycles. The third-order valence-corrected chi connectivity index (χ3v) is 2.97. The van der Waals surface area contributed by atoms with Gasteiger partial charge in [-0.2, -0.15) is 5.10 Å². The molecule has 2 aromatic rings. The van der Waals surface area contributed by atoms with Gasteiger partial charge < -0.3 is 5.32 Å². The molecule has 6 nitrogen and oxygen atoms in total. The van der Waals surface area contributed by atoms with E-state index in [1.807, 2.05) is 0 Å². The van der Waals surface area contributed by atoms with Gasteiger partial charge in [0.2, 0.25) is 0 Å². The highest BCUT2D eigenvalue weighted by Crippen LogP contribution is 2.19. The molecule has 2 amide bonds. The average Bonchev–Trinajstić information content (AvgIpc) is 2.52. The quantitative estimate of drug-likeness (QED) is 0.517. The Morgan fingerprint density at radius 3 is 2.64 bits per heavy atom. The highest BCUT2D eigenvalue weighted by atomic mass is 35.5. The van der Waals surface area contributed by atoms with E-state index in [4.69, 9.17) is 11.6 Å². The lowest BCUT2D eigenvalue weighted by Gasteiger charge is -2.07. The van der Waals surface area contributed by atoms with Crippen LogP contribution in [-0.4, -0.2) is 23.0 Å². The standard InChI is InChI=1S/C15H13ClN4O2/c1-10-2-3-12(16)8-13(10)19-14(21)15(22)20-18-9-11-4-6-17-7-5-11/h2-9H,1H3,(H,19,21)(H,20,22)/b18-9-. The van der Waals surface area contributed by atoms with Crippen molar-refractivity contribution >= 4 is 35.3 Å². The Hall–Kier alpha value is -2.73. The number of aryl methyl sites for hydroxylation is 1. The maximum atomic E-state index is 11.8. The van der Waals surface area contributed by atoms with Gasteiger partial charge in [-0.1, -0.05) is 17.7 Å². The summed E-state index contributed by atoms with van der Waals surface area (Å²) in [6.07, 6.45) is 4.60. The fraction of sp³-hybridized carbons (Fsp3) is 0.0667. The van der Waals surface area contributed by atoms with Gasteiger partial charge >= 0.3 is 11.8 Å². The first-order chi connectivity index (χ1) is 10.6. The summed E-state index contributed by atoms with van der Waals surface area (Å²) < 4.78 is 0. The van der Waals surface area contributed by atoms with Gasteiger partial charge in [0.15, 0.2) is 0 Å². The van der Waals surface area contributed by atoms with Crippen LogP contribution in [0.15, 0.2) is 47.8 Å². The van der Waals surface area contributed by atoms with Crippen molar-refractivity contribution in [1.82, 2.24) is 10.4 Å². The van der Waals surface area contributed by atoms with E-state index in [1.54, 1.807) is 49.6 Å². The van der Waals surface area contributed by atoms with Crippen molar-refractivity contribution in [2.24, 2.45) is 5.10 Å². The van der Waals surface area contributed by atoms with E-state index in [0.29, 0.717) is 10.7 Å². The minimum absolute atomic E-state index is 0.469. The number of aromatic nitrogens is 1. The molecule has 1 aromatic carbocycles. The summed E-state index contributed by atoms with van der Waals surface area (Å²) in [7, 11) is 0. The monoisotopic (exact) mass is 316 g/mol. The number of hydrogen-bond acceptors (Lipinski definition) is 4. The van der Waals surface area contributed by atoms with Crippen LogP contribution in [0.25, 0.3) is 0 Å². The van der Waals surface area contributed by atoms with Crippen molar-refractivity contribution in [2.75, 3.05) is 5.32 Å². The van der Waals surface area contributed by atoms with Gasteiger partial charge in [-0.3, -0.25) is 14.6 Å². The molecule has 0 radical (unpaired) electrons. The van der Waals surface area contributed by atoms with Crippen molar-refractivity contribution < 1.29 is 9.59 Å². The van der Waals surface area contributed by atoms with Gasteiger partial charge in [-0.15, -0.1) is 0 Å². The van der Waals surface area contributed by atoms with Crippen LogP contribution < -0.4 is 10.7 Å². The summed E-state index contributed by atoms with van der Waals surface area (Å²) in [6.45, 7) is 1.80. The molecule has 2 N–H and O–H groups in total. The Morgan fingerprint density at radius 1 is 1.18 bits per heavy atom. The predicted molar refractivity (Wildman–Crippen MR) is 84.8 cm³/mol. The number of amides is 2. The molecule has 0 fully saturated rings. The fourth-order valence-corrected chi connectivity index (χ4v) is 1.75. The second-order valence-electron chi connectivity index (χ2n) is 4.39. The number of benzene rings is 1. The first-order valence-electron chi connectivity index (χ1n) is 6.37. The minimum atomic E-state index is -0.871. The molecule has 0 saturated carbocycles. The Kier molecular flexibility index (Phi) is 5.21. The lowest BCUT2D eigenvalue weighted by atomic mass is 10.2. The van der Waals surface area contributed by atoms with E-state index in [0.717, 1.165) is 11.1 Å². The fourth-order valence-electron chi connectivity index (χ4n) is 1.57. The second kappa shape index (κ2) is 7.33. The molecule has 0 spiro atoms. The van der Waals surface area contributed by atoms with Crippen molar-refractivity contribution in [3.63, 3.8) is 0 Å². The number of carbonyl (C=O) groups is 2. The highest BCUT2D eigenvalue weighted by molar-refractivity contribution is 6.40. The van der Waals surface area contributed by atoms with E-state index in [2.05, 4.69) is 20.8 Å². The maximum Gasteiger partial charge on any atom is 0.329 e. The molecule has 0 aliphatic rings. The SMILES string of the molecule is Cc1ccc(Cl)cc1NC(=O)C(=O)N/N=C\c1ccncc1. The molecule has 0 bridgehead atoms. The van der Waals surface area contributed by atoms with Gasteiger partial charge in [0.05, 0.1) is 6.21 Å². The van der Waals surface area contributed by atoms with Gasteiger partial charge in [-0.05, 0) is 42.3 Å². The van der Waals surface area contributed by atoms with Gasteiger partial charge in [0.1, 0.15) is 0 Å². The van der Waals surface area contributed by atoms with Gasteiger partial charge in [-0.25, -0.2) is 5.43 Å². The number of anilines is 1. The van der Waals surface area contributed by atoms with Crippen molar-refractivity contribution in [3.8, 4) is 0 Å². The summed E-state index contributed by atoms with van der Waals surface area (Å²) >= 11 is 5.85. The number of carbonyl (C=O) groups excluding carboxylic acids is 2. The van der Waals surface area contributed by atoms with Crippen LogP contribution in [0.4, 0.5) is 5.69 Å². The first kappa shape index (κ1) is 15.7. The Morgan fingerprint density at radius 2 is 1.91 bits per heavy atom. The molecule has 0 atom stereocenters. The molecule has 112 valence electrons. The van der Waals surface area contributed by atoms with Gasteiger partial charge in [0.25, 0.3) is 0 Å². The molecule has 2 rings (SSSR count). The first-order valence-corrected chi connectivity index (χ1v) is 6.74. The topological polar surface area (TPSA) is 83.5 Å². The molecule has 0 aliphatic heterocycles. The number of nitrogens with one attached hydrogen (secondary N) is 2. The zero-order chi connectivity index (χ0) is 15.9. The number of hydrogen-bond donors (Lipinski definition) is 2. The van der Waals surface area contributed by atoms with Crippen LogP contribution in [0, 0.1) is 6.92 Å². The summed E-state index contributed by atoms with van der Waals surface area (Å²) in [5, 5.41) is 6.65. The molecule has 0 unspecified atom stereocenters. The number of nitrogens with zero attached hydrogens (tertiary/aromatic N) is 2. The lowest BCUT2D eigenvalue weighted by molar-refractivity contribution is -0.136. The van der Waals surface area contributed by atoms with Crippen LogP contribution in [-0.2, 0) is 9.59 Å². The zero-order valence-electron chi connectivity index (χ0n) is 11.7. The summed E-state index contributed by atoms with van der Waals surface area (Å²) in [5.74, 6) is -1.69. The second-order valence-corrected chi connectivity index (χ2v) is 4.83. The van der Waals surface area contributed by atoms with Crippen molar-refractivity contribution in [2.45, 2.75) is 6.92 Å². The van der Waals surface area contributed by atoms with Gasteiger partial charge in [0, 0.05) is 23.1 Å². The molecular formula is C15H13ClN4O2. The van der Waals surface area contributed by atoms with E-state index in [1.165, 1.54) is 6.21 Å². The number of halogens is 1. The smallest absolute Gasteiger partial charge is 0.317 e. The molecule has 1 aromatic heterocycles.